The second kappa shape index (κ2) is 14.4. The molecule has 0 spiro atoms. The van der Waals surface area contributed by atoms with Gasteiger partial charge in [0.05, 0.1) is 12.2 Å². The van der Waals surface area contributed by atoms with Crippen LogP contribution in [0.4, 0.5) is 10.1 Å². The number of amides is 2. The van der Waals surface area contributed by atoms with Gasteiger partial charge in [0.15, 0.2) is 5.75 Å². The fourth-order valence-electron chi connectivity index (χ4n) is 4.62. The van der Waals surface area contributed by atoms with Crippen molar-refractivity contribution in [2.75, 3.05) is 4.90 Å². The van der Waals surface area contributed by atoms with E-state index >= 15 is 0 Å². The topological polar surface area (TPSA) is 84.7 Å². The minimum atomic E-state index is -0.385. The average Bonchev–Trinajstić information content (AvgIpc) is 3.58. The lowest BCUT2D eigenvalue weighted by Crippen LogP contribution is -2.32. The Labute approximate surface area is 254 Å². The second-order valence-electron chi connectivity index (χ2n) is 9.94. The maximum atomic E-state index is 14.0. The van der Waals surface area contributed by atoms with Gasteiger partial charge in [0.2, 0.25) is 11.8 Å². The highest BCUT2D eigenvalue weighted by molar-refractivity contribution is 7.13. The predicted octanol–water partition coefficient (Wildman–Crippen LogP) is 7.44. The molecule has 0 unspecified atom stereocenters. The van der Waals surface area contributed by atoms with E-state index in [9.17, 15) is 14.0 Å². The molecule has 8 heteroatoms. The van der Waals surface area contributed by atoms with Gasteiger partial charge in [-0.15, -0.1) is 11.3 Å². The lowest BCUT2D eigenvalue weighted by Gasteiger charge is -2.25. The van der Waals surface area contributed by atoms with E-state index in [1.54, 1.807) is 34.4 Å². The summed E-state index contributed by atoms with van der Waals surface area (Å²) in [5, 5.41) is 4.75. The molecular formula is C35H32FN3O3S. The first-order valence-corrected chi connectivity index (χ1v) is 14.9. The smallest absolute Gasteiger partial charge is 0.227 e. The highest BCUT2D eigenvalue weighted by Gasteiger charge is 2.21. The SMILES string of the molecule is NCc1cccc(Oc2ccccc2N(Cc2ccc(-c3cccs3)cc2)C(=O)CCC(=O)NCc2ccccc2F)c1. The standard InChI is InChI=1S/C35H32FN3O3S/c36-30-10-2-1-8-28(30)23-38-34(40)18-19-35(41)39(24-25-14-16-27(17-15-25)33-13-6-20-43-33)31-11-3-4-12-32(31)42-29-9-5-7-26(21-29)22-37/h1-17,20-21H,18-19,22-24,37H2,(H,38,40). The van der Waals surface area contributed by atoms with E-state index in [0.717, 1.165) is 16.7 Å². The molecule has 0 aliphatic heterocycles. The molecule has 0 saturated heterocycles. The van der Waals surface area contributed by atoms with Crippen molar-refractivity contribution >= 4 is 28.8 Å². The van der Waals surface area contributed by atoms with Gasteiger partial charge in [-0.2, -0.15) is 0 Å². The van der Waals surface area contributed by atoms with Crippen LogP contribution in [0, 0.1) is 5.82 Å². The first kappa shape index (κ1) is 29.7. The molecule has 5 aromatic rings. The number of benzene rings is 4. The summed E-state index contributed by atoms with van der Waals surface area (Å²) < 4.78 is 20.2. The minimum Gasteiger partial charge on any atom is -0.455 e. The van der Waals surface area contributed by atoms with Crippen LogP contribution in [0.3, 0.4) is 0 Å². The Kier molecular flexibility index (Phi) is 9.94. The Bertz CT molecular complexity index is 1670. The molecule has 5 rings (SSSR count). The summed E-state index contributed by atoms with van der Waals surface area (Å²) in [5.41, 5.74) is 9.75. The zero-order valence-corrected chi connectivity index (χ0v) is 24.4. The lowest BCUT2D eigenvalue weighted by molar-refractivity contribution is -0.125. The average molecular weight is 594 g/mol. The number of para-hydroxylation sites is 2. The lowest BCUT2D eigenvalue weighted by atomic mass is 10.1. The predicted molar refractivity (Wildman–Crippen MR) is 169 cm³/mol. The van der Waals surface area contributed by atoms with E-state index in [0.29, 0.717) is 29.3 Å². The molecule has 0 bridgehead atoms. The van der Waals surface area contributed by atoms with Gasteiger partial charge in [0.25, 0.3) is 0 Å². The van der Waals surface area contributed by atoms with Gasteiger partial charge in [-0.3, -0.25) is 9.59 Å². The highest BCUT2D eigenvalue weighted by Crippen LogP contribution is 2.34. The molecule has 0 aliphatic rings. The Balaban J connectivity index is 1.35. The Hall–Kier alpha value is -4.79. The number of ether oxygens (including phenoxy) is 1. The number of nitrogens with two attached hydrogens (primary N) is 1. The summed E-state index contributed by atoms with van der Waals surface area (Å²) in [4.78, 5) is 29.2. The van der Waals surface area contributed by atoms with Crippen molar-refractivity contribution in [3.8, 4) is 21.9 Å². The van der Waals surface area contributed by atoms with E-state index in [1.165, 1.54) is 10.9 Å². The summed E-state index contributed by atoms with van der Waals surface area (Å²) in [7, 11) is 0. The van der Waals surface area contributed by atoms with Crippen molar-refractivity contribution in [2.24, 2.45) is 5.73 Å². The minimum absolute atomic E-state index is 0.0343. The van der Waals surface area contributed by atoms with Gasteiger partial charge < -0.3 is 20.7 Å². The van der Waals surface area contributed by atoms with Gasteiger partial charge in [0.1, 0.15) is 11.6 Å². The maximum Gasteiger partial charge on any atom is 0.227 e. The third-order valence-corrected chi connectivity index (χ3v) is 7.84. The van der Waals surface area contributed by atoms with E-state index in [-0.39, 0.29) is 43.6 Å². The van der Waals surface area contributed by atoms with Crippen LogP contribution in [0.15, 0.2) is 115 Å². The zero-order chi connectivity index (χ0) is 30.0. The number of carbonyl (C=O) groups excluding carboxylic acids is 2. The molecular weight excluding hydrogens is 561 g/mol. The van der Waals surface area contributed by atoms with Gasteiger partial charge in [0, 0.05) is 36.4 Å². The second-order valence-corrected chi connectivity index (χ2v) is 10.9. The molecule has 0 radical (unpaired) electrons. The first-order chi connectivity index (χ1) is 21.0. The number of halogens is 1. The number of anilines is 1. The van der Waals surface area contributed by atoms with Crippen molar-refractivity contribution in [2.45, 2.75) is 32.5 Å². The summed E-state index contributed by atoms with van der Waals surface area (Å²) in [5.74, 6) is 0.152. The van der Waals surface area contributed by atoms with Crippen LogP contribution in [0.5, 0.6) is 11.5 Å². The van der Waals surface area contributed by atoms with Crippen LogP contribution in [0.2, 0.25) is 0 Å². The summed E-state index contributed by atoms with van der Waals surface area (Å²) in [6.45, 7) is 0.714. The molecule has 6 nitrogen and oxygen atoms in total. The molecule has 1 aromatic heterocycles. The molecule has 1 heterocycles. The van der Waals surface area contributed by atoms with Crippen molar-refractivity contribution in [3.05, 3.63) is 137 Å². The number of nitrogens with zero attached hydrogens (tertiary/aromatic N) is 1. The summed E-state index contributed by atoms with van der Waals surface area (Å²) in [6, 6.07) is 33.3. The van der Waals surface area contributed by atoms with Crippen LogP contribution < -0.4 is 20.7 Å². The fourth-order valence-corrected chi connectivity index (χ4v) is 5.35. The summed E-state index contributed by atoms with van der Waals surface area (Å²) >= 11 is 1.67. The van der Waals surface area contributed by atoms with Crippen molar-refractivity contribution < 1.29 is 18.7 Å². The third kappa shape index (κ3) is 7.94. The van der Waals surface area contributed by atoms with Gasteiger partial charge >= 0.3 is 0 Å². The molecule has 0 atom stereocenters. The Morgan fingerprint density at radius 3 is 2.40 bits per heavy atom. The maximum absolute atomic E-state index is 14.0. The number of hydrogen-bond donors (Lipinski definition) is 2. The van der Waals surface area contributed by atoms with Crippen LogP contribution in [-0.4, -0.2) is 11.8 Å². The van der Waals surface area contributed by atoms with E-state index < -0.39 is 0 Å². The van der Waals surface area contributed by atoms with Crippen molar-refractivity contribution in [1.82, 2.24) is 5.32 Å². The van der Waals surface area contributed by atoms with Gasteiger partial charge in [-0.05, 0) is 58.5 Å². The van der Waals surface area contributed by atoms with Crippen LogP contribution in [0.25, 0.3) is 10.4 Å². The first-order valence-electron chi connectivity index (χ1n) is 14.0. The quantitative estimate of drug-likeness (QED) is 0.158. The third-order valence-electron chi connectivity index (χ3n) is 6.92. The Morgan fingerprint density at radius 1 is 0.837 bits per heavy atom. The van der Waals surface area contributed by atoms with Crippen LogP contribution in [-0.2, 0) is 29.2 Å². The molecule has 3 N–H and O–H groups in total. The van der Waals surface area contributed by atoms with Crippen LogP contribution >= 0.6 is 11.3 Å². The fraction of sp³-hybridized carbons (Fsp3) is 0.143. The number of thiophene rings is 1. The molecule has 0 fully saturated rings. The van der Waals surface area contributed by atoms with Crippen molar-refractivity contribution in [1.29, 1.82) is 0 Å². The van der Waals surface area contributed by atoms with Crippen LogP contribution in [0.1, 0.15) is 29.5 Å². The largest absolute Gasteiger partial charge is 0.455 e. The molecule has 218 valence electrons. The molecule has 0 saturated carbocycles. The molecule has 4 aromatic carbocycles. The normalized spacial score (nSPS) is 10.7. The number of rotatable bonds is 12. The van der Waals surface area contributed by atoms with Gasteiger partial charge in [-0.1, -0.05) is 72.8 Å². The highest BCUT2D eigenvalue weighted by atomic mass is 32.1. The van der Waals surface area contributed by atoms with E-state index in [4.69, 9.17) is 10.5 Å². The van der Waals surface area contributed by atoms with Gasteiger partial charge in [-0.25, -0.2) is 4.39 Å². The summed E-state index contributed by atoms with van der Waals surface area (Å²) in [6.07, 6.45) is -0.0734. The zero-order valence-electron chi connectivity index (χ0n) is 23.5. The monoisotopic (exact) mass is 593 g/mol. The number of carbonyl (C=O) groups is 2. The number of nitrogens with one attached hydrogen (secondary N) is 1. The molecule has 0 aliphatic carbocycles. The van der Waals surface area contributed by atoms with Crippen molar-refractivity contribution in [3.63, 3.8) is 0 Å². The molecule has 2 amide bonds. The Morgan fingerprint density at radius 2 is 1.63 bits per heavy atom. The van der Waals surface area contributed by atoms with E-state index in [2.05, 4.69) is 11.4 Å². The number of hydrogen-bond acceptors (Lipinski definition) is 5. The molecule has 43 heavy (non-hydrogen) atoms. The van der Waals surface area contributed by atoms with E-state index in [1.807, 2.05) is 84.2 Å².